The highest BCUT2D eigenvalue weighted by atomic mass is 16.5. The summed E-state index contributed by atoms with van der Waals surface area (Å²) in [5, 5.41) is 3.26. The van der Waals surface area contributed by atoms with Crippen LogP contribution in [-0.2, 0) is 24.1 Å². The van der Waals surface area contributed by atoms with E-state index in [1.165, 1.54) is 48.8 Å². The molecule has 3 fully saturated rings. The van der Waals surface area contributed by atoms with Crippen LogP contribution in [0.1, 0.15) is 78.4 Å². The molecule has 4 aliphatic rings. The van der Waals surface area contributed by atoms with E-state index in [2.05, 4.69) is 28.4 Å². The van der Waals surface area contributed by atoms with Crippen LogP contribution in [0, 0.1) is 0 Å². The molecule has 35 heavy (non-hydrogen) atoms. The minimum absolute atomic E-state index is 0.00122. The summed E-state index contributed by atoms with van der Waals surface area (Å²) < 4.78 is 11.4. The summed E-state index contributed by atoms with van der Waals surface area (Å²) in [6.45, 7) is 2.52. The third-order valence-corrected chi connectivity index (χ3v) is 8.62. The number of hydrogen-bond acceptors (Lipinski definition) is 4. The number of carbonyl (C=O) groups is 1. The highest BCUT2D eigenvalue weighted by molar-refractivity contribution is 5.94. The second kappa shape index (κ2) is 10.3. The van der Waals surface area contributed by atoms with E-state index in [4.69, 9.17) is 9.47 Å². The first-order valence-corrected chi connectivity index (χ1v) is 13.7. The highest BCUT2D eigenvalue weighted by Crippen LogP contribution is 2.37. The first-order valence-electron chi connectivity index (χ1n) is 13.7. The van der Waals surface area contributed by atoms with E-state index in [-0.39, 0.29) is 18.1 Å². The van der Waals surface area contributed by atoms with Gasteiger partial charge in [-0.3, -0.25) is 9.69 Å². The van der Waals surface area contributed by atoms with Crippen LogP contribution in [0.3, 0.4) is 0 Å². The lowest BCUT2D eigenvalue weighted by atomic mass is 9.87. The van der Waals surface area contributed by atoms with Crippen molar-refractivity contribution in [3.05, 3.63) is 64.7 Å². The van der Waals surface area contributed by atoms with E-state index in [0.717, 1.165) is 63.1 Å². The molecule has 3 aliphatic heterocycles. The van der Waals surface area contributed by atoms with Gasteiger partial charge in [-0.05, 0) is 98.7 Å². The van der Waals surface area contributed by atoms with Gasteiger partial charge in [0, 0.05) is 36.8 Å². The van der Waals surface area contributed by atoms with E-state index in [1.54, 1.807) is 0 Å². The minimum Gasteiger partial charge on any atom is -0.491 e. The zero-order chi connectivity index (χ0) is 23.6. The third kappa shape index (κ3) is 5.26. The van der Waals surface area contributed by atoms with Gasteiger partial charge in [0.2, 0.25) is 0 Å². The number of fused-ring (bicyclic) bond motifs is 3. The summed E-state index contributed by atoms with van der Waals surface area (Å²) in [6, 6.07) is 16.4. The van der Waals surface area contributed by atoms with Gasteiger partial charge < -0.3 is 14.8 Å². The maximum atomic E-state index is 12.9. The predicted molar refractivity (Wildman–Crippen MR) is 137 cm³/mol. The van der Waals surface area contributed by atoms with E-state index in [9.17, 15) is 4.79 Å². The van der Waals surface area contributed by atoms with Gasteiger partial charge in [-0.1, -0.05) is 24.6 Å². The highest BCUT2D eigenvalue weighted by Gasteiger charge is 2.36. The fourth-order valence-corrected chi connectivity index (χ4v) is 6.66. The number of nitrogens with zero attached hydrogens (tertiary/aromatic N) is 1. The summed E-state index contributed by atoms with van der Waals surface area (Å²) in [4.78, 5) is 15.6. The van der Waals surface area contributed by atoms with Gasteiger partial charge >= 0.3 is 0 Å². The molecule has 6 rings (SSSR count). The lowest BCUT2D eigenvalue weighted by Crippen LogP contribution is -2.39. The lowest BCUT2D eigenvalue weighted by Gasteiger charge is -2.35. The van der Waals surface area contributed by atoms with Crippen molar-refractivity contribution >= 4 is 5.91 Å². The van der Waals surface area contributed by atoms with Crippen LogP contribution >= 0.6 is 0 Å². The molecule has 0 aromatic heterocycles. The van der Waals surface area contributed by atoms with Gasteiger partial charge in [0.25, 0.3) is 5.91 Å². The molecular weight excluding hydrogens is 436 g/mol. The average molecular weight is 475 g/mol. The Morgan fingerprint density at radius 1 is 0.943 bits per heavy atom. The summed E-state index contributed by atoms with van der Waals surface area (Å²) in [5.41, 5.74) is 5.02. The number of ether oxygens (including phenoxy) is 2. The van der Waals surface area contributed by atoms with Gasteiger partial charge in [0.15, 0.2) is 0 Å². The smallest absolute Gasteiger partial charge is 0.251 e. The van der Waals surface area contributed by atoms with E-state index in [1.807, 2.05) is 24.3 Å². The summed E-state index contributed by atoms with van der Waals surface area (Å²) >= 11 is 0. The zero-order valence-corrected chi connectivity index (χ0v) is 20.7. The molecule has 2 unspecified atom stereocenters. The Kier molecular flexibility index (Phi) is 6.80. The molecule has 5 heteroatoms. The van der Waals surface area contributed by atoms with Gasteiger partial charge in [0.05, 0.1) is 6.10 Å². The predicted octanol–water partition coefficient (Wildman–Crippen LogP) is 5.05. The Morgan fingerprint density at radius 3 is 2.54 bits per heavy atom. The number of rotatable bonds is 7. The molecule has 2 aromatic carbocycles. The molecular formula is C30H38N2O3. The number of nitrogens with one attached hydrogen (secondary N) is 1. The molecule has 1 amide bonds. The SMILES string of the molecule is O=C(N[C@H]1CCc2cc(CN3C4CCCC3CC4)ccc2C1)c1ccc(OC[C@@H]2CCCO2)cc1. The van der Waals surface area contributed by atoms with Crippen LogP contribution in [0.5, 0.6) is 5.75 Å². The van der Waals surface area contributed by atoms with Crippen molar-refractivity contribution in [2.75, 3.05) is 13.2 Å². The second-order valence-electron chi connectivity index (χ2n) is 11.0. The van der Waals surface area contributed by atoms with Gasteiger partial charge in [0.1, 0.15) is 12.4 Å². The van der Waals surface area contributed by atoms with Crippen molar-refractivity contribution < 1.29 is 14.3 Å². The standard InChI is InChI=1S/C30H38N2O3/c33-30(22-9-14-28(15-10-22)35-20-29-5-2-16-34-29)31-25-11-8-23-17-21(6-7-24(23)18-25)19-32-26-3-1-4-27(32)13-12-26/h6-7,9-10,14-15,17,25-27,29H,1-5,8,11-13,16,18-20H2,(H,31,33)/t25-,26?,27?,29-/m0/s1. The summed E-state index contributed by atoms with van der Waals surface area (Å²) in [5.74, 6) is 0.790. The van der Waals surface area contributed by atoms with Crippen molar-refractivity contribution in [2.24, 2.45) is 0 Å². The fraction of sp³-hybridized carbons (Fsp3) is 0.567. The molecule has 5 nitrogen and oxygen atoms in total. The van der Waals surface area contributed by atoms with E-state index < -0.39 is 0 Å². The van der Waals surface area contributed by atoms with Crippen molar-refractivity contribution in [1.29, 1.82) is 0 Å². The summed E-state index contributed by atoms with van der Waals surface area (Å²) in [6.07, 6.45) is 12.3. The maximum Gasteiger partial charge on any atom is 0.251 e. The Hall–Kier alpha value is -2.37. The molecule has 0 saturated carbocycles. The first kappa shape index (κ1) is 23.1. The topological polar surface area (TPSA) is 50.8 Å². The van der Waals surface area contributed by atoms with Gasteiger partial charge in [-0.15, -0.1) is 0 Å². The molecule has 4 atom stereocenters. The number of hydrogen-bond donors (Lipinski definition) is 1. The maximum absolute atomic E-state index is 12.9. The fourth-order valence-electron chi connectivity index (χ4n) is 6.66. The second-order valence-corrected chi connectivity index (χ2v) is 11.0. The molecule has 1 aliphatic carbocycles. The monoisotopic (exact) mass is 474 g/mol. The number of amides is 1. The van der Waals surface area contributed by atoms with E-state index in [0.29, 0.717) is 12.2 Å². The quantitative estimate of drug-likeness (QED) is 0.610. The first-order chi connectivity index (χ1) is 17.2. The van der Waals surface area contributed by atoms with Crippen LogP contribution in [0.4, 0.5) is 0 Å². The average Bonchev–Trinajstić information content (AvgIpc) is 3.47. The Morgan fingerprint density at radius 2 is 1.77 bits per heavy atom. The van der Waals surface area contributed by atoms with Crippen LogP contribution in [0.2, 0.25) is 0 Å². The van der Waals surface area contributed by atoms with Gasteiger partial charge in [-0.2, -0.15) is 0 Å². The van der Waals surface area contributed by atoms with Gasteiger partial charge in [-0.25, -0.2) is 0 Å². The molecule has 1 N–H and O–H groups in total. The van der Waals surface area contributed by atoms with Crippen molar-refractivity contribution in [3.63, 3.8) is 0 Å². The van der Waals surface area contributed by atoms with E-state index >= 15 is 0 Å². The molecule has 3 heterocycles. The molecule has 2 aromatic rings. The summed E-state index contributed by atoms with van der Waals surface area (Å²) in [7, 11) is 0. The zero-order valence-electron chi connectivity index (χ0n) is 20.7. The normalized spacial score (nSPS) is 28.0. The van der Waals surface area contributed by atoms with Crippen LogP contribution in [0.25, 0.3) is 0 Å². The molecule has 0 spiro atoms. The Balaban J connectivity index is 1.02. The Bertz CT molecular complexity index is 1010. The third-order valence-electron chi connectivity index (χ3n) is 8.62. The largest absolute Gasteiger partial charge is 0.491 e. The number of benzene rings is 2. The van der Waals surface area contributed by atoms with Crippen LogP contribution < -0.4 is 10.1 Å². The van der Waals surface area contributed by atoms with Crippen molar-refractivity contribution in [3.8, 4) is 5.75 Å². The minimum atomic E-state index is 0.00122. The van der Waals surface area contributed by atoms with Crippen LogP contribution in [0.15, 0.2) is 42.5 Å². The molecule has 186 valence electrons. The molecule has 2 bridgehead atoms. The van der Waals surface area contributed by atoms with Crippen molar-refractivity contribution in [2.45, 2.75) is 95.0 Å². The Labute approximate surface area is 209 Å². The number of carbonyl (C=O) groups excluding carboxylic acids is 1. The molecule has 3 saturated heterocycles. The number of aryl methyl sites for hydroxylation is 1. The van der Waals surface area contributed by atoms with Crippen LogP contribution in [-0.4, -0.2) is 48.3 Å². The van der Waals surface area contributed by atoms with Crippen molar-refractivity contribution in [1.82, 2.24) is 10.2 Å². The lowest BCUT2D eigenvalue weighted by molar-refractivity contribution is 0.0679. The number of piperidine rings is 1. The molecule has 0 radical (unpaired) electrons.